The number of aromatic nitrogens is 3. The molecule has 1 saturated heterocycles. The van der Waals surface area contributed by atoms with Crippen LogP contribution in [0.15, 0.2) is 18.2 Å². The molecule has 0 saturated carbocycles. The highest BCUT2D eigenvalue weighted by Gasteiger charge is 2.33. The van der Waals surface area contributed by atoms with E-state index in [-0.39, 0.29) is 17.8 Å². The van der Waals surface area contributed by atoms with Gasteiger partial charge >= 0.3 is 0 Å². The molecule has 0 radical (unpaired) electrons. The van der Waals surface area contributed by atoms with Crippen molar-refractivity contribution in [1.29, 1.82) is 0 Å². The smallest absolute Gasteiger partial charge is 0.276 e. The fraction of sp³-hybridized carbons (Fsp3) is 0.438. The van der Waals surface area contributed by atoms with Gasteiger partial charge in [0.05, 0.1) is 11.7 Å². The number of amides is 1. The Morgan fingerprint density at radius 2 is 2.14 bits per heavy atom. The van der Waals surface area contributed by atoms with Gasteiger partial charge in [-0.2, -0.15) is 0 Å². The molecule has 1 amide bonds. The van der Waals surface area contributed by atoms with Gasteiger partial charge in [0.1, 0.15) is 5.82 Å². The number of rotatable bonds is 2. The molecule has 1 atom stereocenters. The molecule has 0 aliphatic carbocycles. The first-order chi connectivity index (χ1) is 10.5. The zero-order valence-electron chi connectivity index (χ0n) is 13.0. The van der Waals surface area contributed by atoms with Gasteiger partial charge in [-0.3, -0.25) is 9.48 Å². The number of nitrogens with zero attached hydrogens (tertiary/aromatic N) is 4. The van der Waals surface area contributed by atoms with Crippen LogP contribution in [0.25, 0.3) is 0 Å². The third kappa shape index (κ3) is 2.38. The van der Waals surface area contributed by atoms with Crippen LogP contribution in [0.3, 0.4) is 0 Å². The highest BCUT2D eigenvalue weighted by Crippen LogP contribution is 2.35. The van der Waals surface area contributed by atoms with E-state index in [0.29, 0.717) is 12.2 Å². The van der Waals surface area contributed by atoms with Gasteiger partial charge in [0.2, 0.25) is 0 Å². The van der Waals surface area contributed by atoms with E-state index < -0.39 is 0 Å². The van der Waals surface area contributed by atoms with Crippen LogP contribution in [-0.4, -0.2) is 32.3 Å². The molecule has 1 aromatic heterocycles. The molecule has 1 aromatic carbocycles. The minimum atomic E-state index is -0.248. The van der Waals surface area contributed by atoms with Gasteiger partial charge in [0.25, 0.3) is 5.91 Å². The molecule has 5 nitrogen and oxygen atoms in total. The van der Waals surface area contributed by atoms with Crippen LogP contribution in [0.1, 0.15) is 46.2 Å². The normalized spacial score (nSPS) is 18.0. The Bertz CT molecular complexity index is 725. The largest absolute Gasteiger partial charge is 0.330 e. The lowest BCUT2D eigenvalue weighted by atomic mass is 9.99. The first-order valence-electron chi connectivity index (χ1n) is 7.42. The van der Waals surface area contributed by atoms with E-state index in [0.717, 1.165) is 29.7 Å². The quantitative estimate of drug-likeness (QED) is 0.856. The Hall–Kier alpha value is -2.24. The fourth-order valence-corrected chi connectivity index (χ4v) is 3.08. The molecule has 22 heavy (non-hydrogen) atoms. The predicted molar refractivity (Wildman–Crippen MR) is 79.9 cm³/mol. The SMILES string of the molecule is Cc1cc(F)ccc1C1CCCN1C(=O)c1nnn(C)c1C. The van der Waals surface area contributed by atoms with Gasteiger partial charge in [0, 0.05) is 13.6 Å². The summed E-state index contributed by atoms with van der Waals surface area (Å²) >= 11 is 0. The Balaban J connectivity index is 1.93. The molecular weight excluding hydrogens is 283 g/mol. The fourth-order valence-electron chi connectivity index (χ4n) is 3.08. The maximum Gasteiger partial charge on any atom is 0.276 e. The Morgan fingerprint density at radius 1 is 1.36 bits per heavy atom. The van der Waals surface area contributed by atoms with Crippen LogP contribution in [0, 0.1) is 19.7 Å². The van der Waals surface area contributed by atoms with Crippen LogP contribution in [0.2, 0.25) is 0 Å². The molecule has 1 fully saturated rings. The van der Waals surface area contributed by atoms with Crippen molar-refractivity contribution < 1.29 is 9.18 Å². The maximum absolute atomic E-state index is 13.3. The second-order valence-electron chi connectivity index (χ2n) is 5.80. The third-order valence-electron chi connectivity index (χ3n) is 4.41. The van der Waals surface area contributed by atoms with E-state index in [1.807, 2.05) is 18.7 Å². The monoisotopic (exact) mass is 302 g/mol. The maximum atomic E-state index is 13.3. The number of hydrogen-bond acceptors (Lipinski definition) is 3. The number of benzene rings is 1. The van der Waals surface area contributed by atoms with Crippen LogP contribution in [0.5, 0.6) is 0 Å². The summed E-state index contributed by atoms with van der Waals surface area (Å²) in [6.45, 7) is 4.41. The molecule has 2 aromatic rings. The molecule has 1 aliphatic rings. The van der Waals surface area contributed by atoms with Gasteiger partial charge < -0.3 is 4.90 Å². The Labute approximate surface area is 128 Å². The number of carbonyl (C=O) groups excluding carboxylic acids is 1. The van der Waals surface area contributed by atoms with Crippen LogP contribution < -0.4 is 0 Å². The minimum absolute atomic E-state index is 0.0190. The lowest BCUT2D eigenvalue weighted by Gasteiger charge is -2.25. The number of carbonyl (C=O) groups is 1. The van der Waals surface area contributed by atoms with E-state index in [1.165, 1.54) is 12.1 Å². The van der Waals surface area contributed by atoms with Crippen molar-refractivity contribution in [3.63, 3.8) is 0 Å². The standard InChI is InChI=1S/C16H19FN4O/c1-10-9-12(17)6-7-13(10)14-5-4-8-21(14)16(22)15-11(2)20(3)19-18-15/h6-7,9,14H,4-5,8H2,1-3H3. The van der Waals surface area contributed by atoms with Gasteiger partial charge in [-0.1, -0.05) is 11.3 Å². The molecule has 3 rings (SSSR count). The summed E-state index contributed by atoms with van der Waals surface area (Å²) in [6.07, 6.45) is 1.82. The average molecular weight is 302 g/mol. The topological polar surface area (TPSA) is 51.0 Å². The predicted octanol–water partition coefficient (Wildman–Crippen LogP) is 2.55. The third-order valence-corrected chi connectivity index (χ3v) is 4.41. The van der Waals surface area contributed by atoms with Crippen molar-refractivity contribution in [3.8, 4) is 0 Å². The molecule has 2 heterocycles. The molecule has 116 valence electrons. The summed E-state index contributed by atoms with van der Waals surface area (Å²) < 4.78 is 14.9. The van der Waals surface area contributed by atoms with Gasteiger partial charge in [-0.05, 0) is 49.9 Å². The summed E-state index contributed by atoms with van der Waals surface area (Å²) in [5, 5.41) is 7.89. The summed E-state index contributed by atoms with van der Waals surface area (Å²) in [5.41, 5.74) is 3.04. The molecule has 0 N–H and O–H groups in total. The number of likely N-dealkylation sites (tertiary alicyclic amines) is 1. The zero-order valence-corrected chi connectivity index (χ0v) is 13.0. The van der Waals surface area contributed by atoms with Crippen molar-refractivity contribution in [2.75, 3.05) is 6.54 Å². The number of hydrogen-bond donors (Lipinski definition) is 0. The van der Waals surface area contributed by atoms with E-state index >= 15 is 0 Å². The van der Waals surface area contributed by atoms with Gasteiger partial charge in [0.15, 0.2) is 5.69 Å². The van der Waals surface area contributed by atoms with Crippen molar-refractivity contribution in [2.24, 2.45) is 7.05 Å². The van der Waals surface area contributed by atoms with Crippen molar-refractivity contribution in [1.82, 2.24) is 19.9 Å². The second-order valence-corrected chi connectivity index (χ2v) is 5.80. The molecular formula is C16H19FN4O. The van der Waals surface area contributed by atoms with Crippen LogP contribution in [0.4, 0.5) is 4.39 Å². The minimum Gasteiger partial charge on any atom is -0.330 e. The Kier molecular flexibility index (Phi) is 3.68. The van der Waals surface area contributed by atoms with E-state index in [9.17, 15) is 9.18 Å². The number of halogens is 1. The summed E-state index contributed by atoms with van der Waals surface area (Å²) in [6, 6.07) is 4.74. The summed E-state index contributed by atoms with van der Waals surface area (Å²) in [4.78, 5) is 14.6. The van der Waals surface area contributed by atoms with Gasteiger partial charge in [-0.15, -0.1) is 5.10 Å². The molecule has 1 unspecified atom stereocenters. The molecule has 0 spiro atoms. The van der Waals surface area contributed by atoms with E-state index in [1.54, 1.807) is 17.8 Å². The molecule has 6 heteroatoms. The molecule has 1 aliphatic heterocycles. The number of aryl methyl sites for hydroxylation is 2. The van der Waals surface area contributed by atoms with E-state index in [4.69, 9.17) is 0 Å². The van der Waals surface area contributed by atoms with E-state index in [2.05, 4.69) is 10.3 Å². The highest BCUT2D eigenvalue weighted by atomic mass is 19.1. The zero-order chi connectivity index (χ0) is 15.9. The van der Waals surface area contributed by atoms with Crippen LogP contribution in [-0.2, 0) is 7.05 Å². The van der Waals surface area contributed by atoms with Crippen LogP contribution >= 0.6 is 0 Å². The second kappa shape index (κ2) is 5.51. The first kappa shape index (κ1) is 14.7. The van der Waals surface area contributed by atoms with Gasteiger partial charge in [-0.25, -0.2) is 4.39 Å². The highest BCUT2D eigenvalue weighted by molar-refractivity contribution is 5.93. The van der Waals surface area contributed by atoms with Crippen molar-refractivity contribution >= 4 is 5.91 Å². The average Bonchev–Trinajstić information content (AvgIpc) is 3.07. The summed E-state index contributed by atoms with van der Waals surface area (Å²) in [5.74, 6) is -0.348. The Morgan fingerprint density at radius 3 is 2.77 bits per heavy atom. The molecule has 0 bridgehead atoms. The lowest BCUT2D eigenvalue weighted by molar-refractivity contribution is 0.0728. The summed E-state index contributed by atoms with van der Waals surface area (Å²) in [7, 11) is 1.77. The van der Waals surface area contributed by atoms with Crippen molar-refractivity contribution in [2.45, 2.75) is 32.7 Å². The first-order valence-corrected chi connectivity index (χ1v) is 7.42. The lowest BCUT2D eigenvalue weighted by Crippen LogP contribution is -2.31. The van der Waals surface area contributed by atoms with Crippen molar-refractivity contribution in [3.05, 3.63) is 46.5 Å².